The number of benzene rings is 1. The number of nitriles is 1. The summed E-state index contributed by atoms with van der Waals surface area (Å²) >= 11 is 1.62. The van der Waals surface area contributed by atoms with Gasteiger partial charge in [0.1, 0.15) is 5.69 Å². The molecule has 0 spiro atoms. The lowest BCUT2D eigenvalue weighted by atomic mass is 9.98. The maximum Gasteiger partial charge on any atom is 0.191 e. The summed E-state index contributed by atoms with van der Waals surface area (Å²) in [5, 5.41) is 18.9. The van der Waals surface area contributed by atoms with E-state index in [0.29, 0.717) is 30.7 Å². The van der Waals surface area contributed by atoms with Crippen molar-refractivity contribution in [3.63, 3.8) is 0 Å². The van der Waals surface area contributed by atoms with Crippen LogP contribution in [0.3, 0.4) is 0 Å². The summed E-state index contributed by atoms with van der Waals surface area (Å²) in [6.07, 6.45) is 1.05. The van der Waals surface area contributed by atoms with Crippen LogP contribution in [0.5, 0.6) is 0 Å². The lowest BCUT2D eigenvalue weighted by Crippen LogP contribution is -2.41. The quantitative estimate of drug-likeness (QED) is 0.221. The molecule has 0 fully saturated rings. The van der Waals surface area contributed by atoms with Crippen LogP contribution in [0.2, 0.25) is 18.1 Å². The molecular weight excluding hydrogens is 434 g/mol. The number of nitrogens with one attached hydrogen (secondary N) is 1. The first-order valence-electron chi connectivity index (χ1n) is 10.8. The molecule has 0 radical (unpaired) electrons. The van der Waals surface area contributed by atoms with Crippen molar-refractivity contribution in [1.29, 1.82) is 5.26 Å². The Morgan fingerprint density at radius 3 is 2.50 bits per heavy atom. The van der Waals surface area contributed by atoms with Crippen molar-refractivity contribution >= 4 is 25.4 Å². The van der Waals surface area contributed by atoms with Crippen molar-refractivity contribution in [2.75, 3.05) is 6.61 Å². The van der Waals surface area contributed by atoms with Gasteiger partial charge in [-0.3, -0.25) is 9.89 Å². The number of Topliss-reactive ketones (excluding diaryl/α,β-unsaturated/α-hetero) is 1. The third-order valence-electron chi connectivity index (χ3n) is 6.13. The van der Waals surface area contributed by atoms with Gasteiger partial charge < -0.3 is 4.43 Å². The zero-order valence-corrected chi connectivity index (χ0v) is 21.5. The molecule has 2 aromatic heterocycles. The molecule has 0 unspecified atom stereocenters. The maximum atomic E-state index is 13.2. The predicted molar refractivity (Wildman–Crippen MR) is 134 cm³/mol. The lowest BCUT2D eigenvalue weighted by molar-refractivity contribution is 0.0968. The summed E-state index contributed by atoms with van der Waals surface area (Å²) in [7, 11) is -1.82. The largest absolute Gasteiger partial charge is 0.417 e. The predicted octanol–water partition coefficient (Wildman–Crippen LogP) is 6.97. The summed E-state index contributed by atoms with van der Waals surface area (Å²) in [6, 6.07) is 11.5. The number of H-pyrrole nitrogens is 1. The van der Waals surface area contributed by atoms with Crippen LogP contribution in [0.4, 0.5) is 0 Å². The van der Waals surface area contributed by atoms with Crippen molar-refractivity contribution in [2.24, 2.45) is 0 Å². The second-order valence-electron chi connectivity index (χ2n) is 9.64. The molecule has 0 aliphatic carbocycles. The molecule has 0 atom stereocenters. The van der Waals surface area contributed by atoms with E-state index in [2.05, 4.69) is 61.6 Å². The van der Waals surface area contributed by atoms with Gasteiger partial charge in [0.15, 0.2) is 14.1 Å². The zero-order chi connectivity index (χ0) is 23.5. The van der Waals surface area contributed by atoms with Gasteiger partial charge in [0.2, 0.25) is 0 Å². The van der Waals surface area contributed by atoms with E-state index in [1.807, 2.05) is 19.1 Å². The van der Waals surface area contributed by atoms with E-state index >= 15 is 0 Å². The van der Waals surface area contributed by atoms with Crippen molar-refractivity contribution in [2.45, 2.75) is 58.7 Å². The monoisotopic (exact) mass is 465 g/mol. The number of aromatic amines is 1. The Labute approximate surface area is 195 Å². The Morgan fingerprint density at radius 1 is 1.25 bits per heavy atom. The molecule has 0 saturated heterocycles. The number of hydrogen-bond acceptors (Lipinski definition) is 5. The molecule has 0 saturated carbocycles. The van der Waals surface area contributed by atoms with Gasteiger partial charge >= 0.3 is 0 Å². The minimum atomic E-state index is -1.82. The molecule has 168 valence electrons. The minimum Gasteiger partial charge on any atom is -0.417 e. The third-order valence-corrected chi connectivity index (χ3v) is 11.7. The molecule has 0 aliphatic rings. The average molecular weight is 466 g/mol. The van der Waals surface area contributed by atoms with E-state index in [1.54, 1.807) is 23.5 Å². The average Bonchev–Trinajstić information content (AvgIpc) is 3.36. The number of carbonyl (C=O) groups is 1. The minimum absolute atomic E-state index is 0.000954. The van der Waals surface area contributed by atoms with Gasteiger partial charge in [-0.2, -0.15) is 10.4 Å². The number of thiophene rings is 1. The molecule has 0 bridgehead atoms. The number of ketones is 1. The number of aromatic nitrogens is 2. The first-order valence-corrected chi connectivity index (χ1v) is 14.6. The first-order chi connectivity index (χ1) is 15.0. The van der Waals surface area contributed by atoms with E-state index in [9.17, 15) is 4.79 Å². The number of rotatable bonds is 8. The highest BCUT2D eigenvalue weighted by Gasteiger charge is 2.36. The molecule has 0 aliphatic heterocycles. The van der Waals surface area contributed by atoms with E-state index in [0.717, 1.165) is 21.7 Å². The Bertz CT molecular complexity index is 1130. The van der Waals surface area contributed by atoms with Gasteiger partial charge in [-0.15, -0.1) is 11.3 Å². The molecule has 1 N–H and O–H groups in total. The van der Waals surface area contributed by atoms with E-state index in [4.69, 9.17) is 9.69 Å². The van der Waals surface area contributed by atoms with Crippen LogP contribution in [-0.4, -0.2) is 30.9 Å². The number of aryl methyl sites for hydroxylation is 1. The SMILES string of the molecule is Cc1csc(-c2[nH]nc(C(=O)CCCO[Si](C)(C)C(C)(C)C)c2-c2ccc(C#N)cc2)c1. The molecule has 3 rings (SSSR count). The highest BCUT2D eigenvalue weighted by molar-refractivity contribution is 7.13. The Kier molecular flexibility index (Phi) is 7.18. The topological polar surface area (TPSA) is 78.8 Å². The molecule has 7 heteroatoms. The molecule has 2 heterocycles. The van der Waals surface area contributed by atoms with Gasteiger partial charge in [-0.25, -0.2) is 0 Å². The second kappa shape index (κ2) is 9.53. The molecule has 1 aromatic carbocycles. The smallest absolute Gasteiger partial charge is 0.191 e. The zero-order valence-electron chi connectivity index (χ0n) is 19.7. The highest BCUT2D eigenvalue weighted by Crippen LogP contribution is 2.38. The molecule has 5 nitrogen and oxygen atoms in total. The van der Waals surface area contributed by atoms with Crippen LogP contribution in [-0.2, 0) is 4.43 Å². The summed E-state index contributed by atoms with van der Waals surface area (Å²) in [6.45, 7) is 13.7. The molecule has 32 heavy (non-hydrogen) atoms. The standard InChI is InChI=1S/C25H31N3O2SSi/c1-17-14-21(31-16-17)24-22(19-11-9-18(15-26)10-12-19)23(27-28-24)20(29)8-7-13-30-32(5,6)25(2,3)4/h9-12,14,16H,7-8,13H2,1-6H3,(H,27,28). The fraction of sp³-hybridized carbons (Fsp3) is 0.400. The first kappa shape index (κ1) is 24.1. The Hall–Kier alpha value is -2.53. The summed E-state index contributed by atoms with van der Waals surface area (Å²) in [4.78, 5) is 14.2. The van der Waals surface area contributed by atoms with E-state index in [1.165, 1.54) is 5.56 Å². The number of nitrogens with zero attached hydrogens (tertiary/aromatic N) is 2. The van der Waals surface area contributed by atoms with Gasteiger partial charge in [0.25, 0.3) is 0 Å². The lowest BCUT2D eigenvalue weighted by Gasteiger charge is -2.36. The highest BCUT2D eigenvalue weighted by atomic mass is 32.1. The fourth-order valence-electron chi connectivity index (χ4n) is 3.17. The second-order valence-corrected chi connectivity index (χ2v) is 15.4. The van der Waals surface area contributed by atoms with Crippen molar-refractivity contribution in [1.82, 2.24) is 10.2 Å². The van der Waals surface area contributed by atoms with Crippen LogP contribution in [0, 0.1) is 18.3 Å². The Morgan fingerprint density at radius 2 is 1.94 bits per heavy atom. The van der Waals surface area contributed by atoms with Gasteiger partial charge in [0.05, 0.1) is 22.2 Å². The summed E-state index contributed by atoms with van der Waals surface area (Å²) < 4.78 is 6.23. The fourth-order valence-corrected chi connectivity index (χ4v) is 5.16. The van der Waals surface area contributed by atoms with Gasteiger partial charge in [-0.1, -0.05) is 32.9 Å². The normalized spacial score (nSPS) is 12.0. The third kappa shape index (κ3) is 5.26. The Balaban J connectivity index is 1.83. The van der Waals surface area contributed by atoms with Crippen LogP contribution in [0.25, 0.3) is 21.7 Å². The number of hydrogen-bond donors (Lipinski definition) is 1. The van der Waals surface area contributed by atoms with Gasteiger partial charge in [-0.05, 0) is 66.2 Å². The van der Waals surface area contributed by atoms with Gasteiger partial charge in [0, 0.05) is 18.6 Å². The van der Waals surface area contributed by atoms with Crippen LogP contribution >= 0.6 is 11.3 Å². The molecular formula is C25H31N3O2SSi. The molecule has 3 aromatic rings. The van der Waals surface area contributed by atoms with Crippen LogP contribution < -0.4 is 0 Å². The maximum absolute atomic E-state index is 13.2. The van der Waals surface area contributed by atoms with Crippen LogP contribution in [0.15, 0.2) is 35.7 Å². The number of carbonyl (C=O) groups excluding carboxylic acids is 1. The summed E-state index contributed by atoms with van der Waals surface area (Å²) in [5.41, 5.74) is 4.71. The molecule has 0 amide bonds. The van der Waals surface area contributed by atoms with Crippen LogP contribution in [0.1, 0.15) is 55.2 Å². The van der Waals surface area contributed by atoms with Crippen molar-refractivity contribution < 1.29 is 9.22 Å². The van der Waals surface area contributed by atoms with Crippen molar-refractivity contribution in [3.05, 3.63) is 52.5 Å². The van der Waals surface area contributed by atoms with E-state index < -0.39 is 8.32 Å². The van der Waals surface area contributed by atoms with E-state index in [-0.39, 0.29) is 10.8 Å². The van der Waals surface area contributed by atoms with Crippen molar-refractivity contribution in [3.8, 4) is 27.8 Å². The summed E-state index contributed by atoms with van der Waals surface area (Å²) in [5.74, 6) is -0.000954.